The van der Waals surface area contributed by atoms with Gasteiger partial charge in [-0.1, -0.05) is 6.07 Å². The van der Waals surface area contributed by atoms with E-state index in [1.807, 2.05) is 6.07 Å². The third-order valence-electron chi connectivity index (χ3n) is 4.91. The first-order chi connectivity index (χ1) is 15.5. The Morgan fingerprint density at radius 3 is 2.44 bits per heavy atom. The predicted octanol–water partition coefficient (Wildman–Crippen LogP) is 2.64. The highest BCUT2D eigenvalue weighted by Crippen LogP contribution is 2.38. The summed E-state index contributed by atoms with van der Waals surface area (Å²) in [6.07, 6.45) is 2.15. The van der Waals surface area contributed by atoms with Crippen molar-refractivity contribution in [2.75, 3.05) is 46.4 Å². The van der Waals surface area contributed by atoms with Crippen molar-refractivity contribution < 1.29 is 33.3 Å². The molecule has 32 heavy (non-hydrogen) atoms. The first-order valence-corrected chi connectivity index (χ1v) is 10.3. The number of amides is 2. The van der Waals surface area contributed by atoms with E-state index in [1.165, 1.54) is 33.5 Å². The molecule has 1 aliphatic heterocycles. The fourth-order valence-corrected chi connectivity index (χ4v) is 3.31. The Hall–Kier alpha value is -3.46. The SMILES string of the molecule is COc1cc(C(=O)NCC(=O)Nc2cccc(OCC3CCCO3)c2)cc(OC)c1OC. The second kappa shape index (κ2) is 11.2. The summed E-state index contributed by atoms with van der Waals surface area (Å²) < 4.78 is 27.1. The molecule has 3 rings (SSSR count). The lowest BCUT2D eigenvalue weighted by Gasteiger charge is -2.14. The van der Waals surface area contributed by atoms with Gasteiger partial charge in [0.1, 0.15) is 12.4 Å². The number of carbonyl (C=O) groups is 2. The molecular weight excluding hydrogens is 416 g/mol. The summed E-state index contributed by atoms with van der Waals surface area (Å²) in [4.78, 5) is 24.8. The number of benzene rings is 2. The van der Waals surface area contributed by atoms with Crippen molar-refractivity contribution in [2.45, 2.75) is 18.9 Å². The summed E-state index contributed by atoms with van der Waals surface area (Å²) >= 11 is 0. The molecule has 0 bridgehead atoms. The van der Waals surface area contributed by atoms with Gasteiger partial charge in [0.05, 0.1) is 34.0 Å². The molecule has 1 heterocycles. The summed E-state index contributed by atoms with van der Waals surface area (Å²) in [7, 11) is 4.41. The fourth-order valence-electron chi connectivity index (χ4n) is 3.31. The summed E-state index contributed by atoms with van der Waals surface area (Å²) in [5, 5.41) is 5.33. The number of hydrogen-bond donors (Lipinski definition) is 2. The van der Waals surface area contributed by atoms with Gasteiger partial charge < -0.3 is 34.3 Å². The van der Waals surface area contributed by atoms with Gasteiger partial charge in [-0.05, 0) is 37.1 Å². The Labute approximate surface area is 186 Å². The van der Waals surface area contributed by atoms with Crippen LogP contribution in [0.15, 0.2) is 36.4 Å². The maximum atomic E-state index is 12.5. The Morgan fingerprint density at radius 1 is 1.06 bits per heavy atom. The van der Waals surface area contributed by atoms with Gasteiger partial charge in [-0.25, -0.2) is 0 Å². The topological polar surface area (TPSA) is 104 Å². The number of nitrogens with one attached hydrogen (secondary N) is 2. The first-order valence-electron chi connectivity index (χ1n) is 10.3. The van der Waals surface area contributed by atoms with E-state index < -0.39 is 5.91 Å². The summed E-state index contributed by atoms with van der Waals surface area (Å²) in [5.41, 5.74) is 0.846. The van der Waals surface area contributed by atoms with E-state index in [4.69, 9.17) is 23.7 Å². The largest absolute Gasteiger partial charge is 0.493 e. The second-order valence-corrected chi connectivity index (χ2v) is 7.12. The zero-order chi connectivity index (χ0) is 22.9. The fraction of sp³-hybridized carbons (Fsp3) is 0.391. The molecule has 1 fully saturated rings. The molecule has 2 aromatic carbocycles. The van der Waals surface area contributed by atoms with Crippen molar-refractivity contribution in [1.29, 1.82) is 0 Å². The number of methoxy groups -OCH3 is 3. The number of carbonyl (C=O) groups excluding carboxylic acids is 2. The van der Waals surface area contributed by atoms with E-state index in [-0.39, 0.29) is 24.1 Å². The van der Waals surface area contributed by atoms with Crippen LogP contribution in [0, 0.1) is 0 Å². The van der Waals surface area contributed by atoms with Crippen LogP contribution >= 0.6 is 0 Å². The highest BCUT2D eigenvalue weighted by atomic mass is 16.5. The Morgan fingerprint density at radius 2 is 1.81 bits per heavy atom. The predicted molar refractivity (Wildman–Crippen MR) is 118 cm³/mol. The molecule has 9 nitrogen and oxygen atoms in total. The van der Waals surface area contributed by atoms with Crippen molar-refractivity contribution in [3.63, 3.8) is 0 Å². The van der Waals surface area contributed by atoms with E-state index in [1.54, 1.807) is 18.2 Å². The van der Waals surface area contributed by atoms with Crippen LogP contribution in [-0.2, 0) is 9.53 Å². The average molecular weight is 444 g/mol. The van der Waals surface area contributed by atoms with E-state index in [9.17, 15) is 9.59 Å². The minimum atomic E-state index is -0.451. The van der Waals surface area contributed by atoms with Crippen molar-refractivity contribution in [2.24, 2.45) is 0 Å². The van der Waals surface area contributed by atoms with E-state index in [0.717, 1.165) is 19.4 Å². The molecule has 9 heteroatoms. The van der Waals surface area contributed by atoms with Gasteiger partial charge in [0.15, 0.2) is 11.5 Å². The van der Waals surface area contributed by atoms with Gasteiger partial charge in [0, 0.05) is 23.9 Å². The standard InChI is InChI=1S/C23H28N2O7/c1-28-19-10-15(11-20(29-2)22(19)30-3)23(27)24-13-21(26)25-16-6-4-7-17(12-16)32-14-18-8-5-9-31-18/h4,6-7,10-12,18H,5,8-9,13-14H2,1-3H3,(H,24,27)(H,25,26). The van der Waals surface area contributed by atoms with Gasteiger partial charge in [-0.15, -0.1) is 0 Å². The highest BCUT2D eigenvalue weighted by molar-refractivity contribution is 6.00. The minimum absolute atomic E-state index is 0.110. The third-order valence-corrected chi connectivity index (χ3v) is 4.91. The molecule has 2 N–H and O–H groups in total. The molecule has 0 saturated carbocycles. The number of ether oxygens (including phenoxy) is 5. The van der Waals surface area contributed by atoms with Crippen molar-refractivity contribution in [3.8, 4) is 23.0 Å². The molecule has 1 aliphatic rings. The molecule has 2 aromatic rings. The molecule has 1 atom stereocenters. The van der Waals surface area contributed by atoms with Crippen LogP contribution in [0.4, 0.5) is 5.69 Å². The molecule has 0 aliphatic carbocycles. The molecule has 0 spiro atoms. The van der Waals surface area contributed by atoms with Crippen molar-refractivity contribution in [1.82, 2.24) is 5.32 Å². The van der Waals surface area contributed by atoms with Gasteiger partial charge >= 0.3 is 0 Å². The van der Waals surface area contributed by atoms with Crippen molar-refractivity contribution in [3.05, 3.63) is 42.0 Å². The van der Waals surface area contributed by atoms with Gasteiger partial charge in [0.2, 0.25) is 11.7 Å². The summed E-state index contributed by atoms with van der Waals surface area (Å²) in [5.74, 6) is 0.892. The quantitative estimate of drug-likeness (QED) is 0.581. The highest BCUT2D eigenvalue weighted by Gasteiger charge is 2.18. The normalized spacial score (nSPS) is 15.0. The van der Waals surface area contributed by atoms with E-state index in [0.29, 0.717) is 35.3 Å². The molecule has 1 unspecified atom stereocenters. The lowest BCUT2D eigenvalue weighted by molar-refractivity contribution is -0.115. The average Bonchev–Trinajstić information content (AvgIpc) is 3.34. The van der Waals surface area contributed by atoms with E-state index >= 15 is 0 Å². The minimum Gasteiger partial charge on any atom is -0.493 e. The van der Waals surface area contributed by atoms with Gasteiger partial charge in [0.25, 0.3) is 5.91 Å². The van der Waals surface area contributed by atoms with Gasteiger partial charge in [-0.2, -0.15) is 0 Å². The van der Waals surface area contributed by atoms with Crippen molar-refractivity contribution >= 4 is 17.5 Å². The smallest absolute Gasteiger partial charge is 0.251 e. The Kier molecular flexibility index (Phi) is 8.15. The molecule has 0 radical (unpaired) electrons. The van der Waals surface area contributed by atoms with E-state index in [2.05, 4.69) is 10.6 Å². The maximum absolute atomic E-state index is 12.5. The van der Waals surface area contributed by atoms with Crippen LogP contribution in [-0.4, -0.2) is 59.0 Å². The van der Waals surface area contributed by atoms with Crippen LogP contribution in [0.25, 0.3) is 0 Å². The van der Waals surface area contributed by atoms with Crippen LogP contribution in [0.1, 0.15) is 23.2 Å². The molecule has 0 aromatic heterocycles. The molecule has 172 valence electrons. The second-order valence-electron chi connectivity index (χ2n) is 7.12. The summed E-state index contributed by atoms with van der Waals surface area (Å²) in [6, 6.07) is 10.1. The number of hydrogen-bond acceptors (Lipinski definition) is 7. The molecule has 2 amide bonds. The number of anilines is 1. The zero-order valence-electron chi connectivity index (χ0n) is 18.4. The van der Waals surface area contributed by atoms with Crippen LogP contribution in [0.3, 0.4) is 0 Å². The lowest BCUT2D eigenvalue weighted by Crippen LogP contribution is -2.32. The van der Waals surface area contributed by atoms with Crippen LogP contribution < -0.4 is 29.6 Å². The molecule has 1 saturated heterocycles. The van der Waals surface area contributed by atoms with Crippen LogP contribution in [0.5, 0.6) is 23.0 Å². The third kappa shape index (κ3) is 6.04. The Balaban J connectivity index is 1.54. The number of rotatable bonds is 10. The Bertz CT molecular complexity index is 917. The van der Waals surface area contributed by atoms with Gasteiger partial charge in [-0.3, -0.25) is 9.59 Å². The van der Waals surface area contributed by atoms with Crippen LogP contribution in [0.2, 0.25) is 0 Å². The zero-order valence-corrected chi connectivity index (χ0v) is 18.4. The lowest BCUT2D eigenvalue weighted by atomic mass is 10.1. The first kappa shape index (κ1) is 23.2. The summed E-state index contributed by atoms with van der Waals surface area (Å²) in [6.45, 7) is 1.03. The maximum Gasteiger partial charge on any atom is 0.251 e. The monoisotopic (exact) mass is 444 g/mol. The molecular formula is C23H28N2O7.